The highest BCUT2D eigenvalue weighted by atomic mass is 32.1. The molecule has 2 aromatic rings. The van der Waals surface area contributed by atoms with E-state index in [2.05, 4.69) is 17.9 Å². The van der Waals surface area contributed by atoms with Crippen molar-refractivity contribution in [3.05, 3.63) is 65.0 Å². The van der Waals surface area contributed by atoms with Crippen LogP contribution in [0.25, 0.3) is 0 Å². The number of carbonyl (C=O) groups excluding carboxylic acids is 2. The average molecular weight is 447 g/mol. The van der Waals surface area contributed by atoms with E-state index in [1.54, 1.807) is 5.01 Å². The van der Waals surface area contributed by atoms with E-state index >= 15 is 0 Å². The SMILES string of the molecule is NC(=O)[C@H](Cc1ccccc1)NC(=O)c1cc(F)cc2c1OCC[C@@H]2N(N)CCCS. The molecule has 166 valence electrons. The second kappa shape index (κ2) is 10.6. The van der Waals surface area contributed by atoms with Crippen LogP contribution in [-0.4, -0.2) is 41.8 Å². The fourth-order valence-corrected chi connectivity index (χ4v) is 3.82. The predicted octanol–water partition coefficient (Wildman–Crippen LogP) is 1.97. The van der Waals surface area contributed by atoms with Crippen molar-refractivity contribution in [1.29, 1.82) is 0 Å². The van der Waals surface area contributed by atoms with Gasteiger partial charge in [-0.15, -0.1) is 0 Å². The van der Waals surface area contributed by atoms with Gasteiger partial charge in [-0.25, -0.2) is 9.40 Å². The van der Waals surface area contributed by atoms with Gasteiger partial charge in [-0.05, 0) is 29.9 Å². The molecular formula is C22H27FN4O3S. The minimum absolute atomic E-state index is 0.0154. The van der Waals surface area contributed by atoms with E-state index in [4.69, 9.17) is 16.3 Å². The van der Waals surface area contributed by atoms with Crippen molar-refractivity contribution in [2.24, 2.45) is 11.6 Å². The van der Waals surface area contributed by atoms with Crippen LogP contribution in [0.1, 0.15) is 40.4 Å². The van der Waals surface area contributed by atoms with E-state index in [0.29, 0.717) is 30.9 Å². The number of hydrogen-bond donors (Lipinski definition) is 4. The van der Waals surface area contributed by atoms with Crippen molar-refractivity contribution in [3.8, 4) is 5.75 Å². The number of thiol groups is 1. The van der Waals surface area contributed by atoms with Crippen molar-refractivity contribution in [3.63, 3.8) is 0 Å². The lowest BCUT2D eigenvalue weighted by Gasteiger charge is -2.33. The number of hydrogen-bond acceptors (Lipinski definition) is 6. The van der Waals surface area contributed by atoms with Crippen molar-refractivity contribution in [2.45, 2.75) is 31.3 Å². The van der Waals surface area contributed by atoms with Gasteiger partial charge in [0, 0.05) is 24.9 Å². The molecule has 0 saturated carbocycles. The molecule has 1 heterocycles. The van der Waals surface area contributed by atoms with Gasteiger partial charge in [-0.1, -0.05) is 30.3 Å². The smallest absolute Gasteiger partial charge is 0.255 e. The van der Waals surface area contributed by atoms with Gasteiger partial charge in [-0.2, -0.15) is 12.6 Å². The number of halogens is 1. The van der Waals surface area contributed by atoms with Gasteiger partial charge in [0.05, 0.1) is 18.2 Å². The summed E-state index contributed by atoms with van der Waals surface area (Å²) in [5.74, 6) is 5.25. The molecule has 9 heteroatoms. The van der Waals surface area contributed by atoms with Gasteiger partial charge in [0.1, 0.15) is 17.6 Å². The molecule has 31 heavy (non-hydrogen) atoms. The standard InChI is InChI=1S/C22H27FN4O3S/c23-15-12-16-19(27(25)8-4-10-31)7-9-30-20(16)17(13-15)22(29)26-18(21(24)28)11-14-5-2-1-3-6-14/h1-3,5-6,12-13,18-19,31H,4,7-11,25H2,(H2,24,28)(H,26,29)/t18-,19-/m0/s1. The Bertz CT molecular complexity index is 928. The van der Waals surface area contributed by atoms with Crippen LogP contribution < -0.4 is 21.6 Å². The van der Waals surface area contributed by atoms with Crippen LogP contribution in [0.3, 0.4) is 0 Å². The molecule has 7 nitrogen and oxygen atoms in total. The van der Waals surface area contributed by atoms with Crippen molar-refractivity contribution >= 4 is 24.4 Å². The van der Waals surface area contributed by atoms with E-state index in [1.165, 1.54) is 6.07 Å². The maximum absolute atomic E-state index is 14.4. The monoisotopic (exact) mass is 446 g/mol. The molecule has 0 radical (unpaired) electrons. The molecule has 0 bridgehead atoms. The Morgan fingerprint density at radius 3 is 2.71 bits per heavy atom. The number of hydrazine groups is 1. The molecule has 0 fully saturated rings. The topological polar surface area (TPSA) is 111 Å². The Morgan fingerprint density at radius 1 is 1.29 bits per heavy atom. The van der Waals surface area contributed by atoms with Gasteiger partial charge in [0.15, 0.2) is 0 Å². The number of nitrogens with two attached hydrogens (primary N) is 2. The molecule has 1 aliphatic rings. The maximum atomic E-state index is 14.4. The molecule has 0 unspecified atom stereocenters. The summed E-state index contributed by atoms with van der Waals surface area (Å²) in [5.41, 5.74) is 6.86. The number of ether oxygens (including phenoxy) is 1. The summed E-state index contributed by atoms with van der Waals surface area (Å²) in [6.07, 6.45) is 1.57. The summed E-state index contributed by atoms with van der Waals surface area (Å²) in [6, 6.07) is 10.4. The summed E-state index contributed by atoms with van der Waals surface area (Å²) in [5, 5.41) is 4.25. The second-order valence-electron chi connectivity index (χ2n) is 7.46. The fourth-order valence-electron chi connectivity index (χ4n) is 3.68. The van der Waals surface area contributed by atoms with E-state index < -0.39 is 23.7 Å². The minimum Gasteiger partial charge on any atom is -0.492 e. The molecule has 5 N–H and O–H groups in total. The fraction of sp³-hybridized carbons (Fsp3) is 0.364. The Balaban J connectivity index is 1.85. The number of nitrogens with one attached hydrogen (secondary N) is 1. The molecule has 2 amide bonds. The molecule has 0 aliphatic carbocycles. The molecule has 2 atom stereocenters. The first-order valence-electron chi connectivity index (χ1n) is 10.1. The van der Waals surface area contributed by atoms with Gasteiger partial charge in [0.25, 0.3) is 5.91 Å². The normalized spacial score (nSPS) is 16.3. The van der Waals surface area contributed by atoms with Crippen LogP contribution in [-0.2, 0) is 11.2 Å². The van der Waals surface area contributed by atoms with Gasteiger partial charge in [0.2, 0.25) is 5.91 Å². The minimum atomic E-state index is -0.949. The van der Waals surface area contributed by atoms with Crippen LogP contribution in [0.2, 0.25) is 0 Å². The highest BCUT2D eigenvalue weighted by molar-refractivity contribution is 7.80. The lowest BCUT2D eigenvalue weighted by atomic mass is 9.96. The molecule has 0 saturated heterocycles. The average Bonchev–Trinajstić information content (AvgIpc) is 2.76. The summed E-state index contributed by atoms with van der Waals surface area (Å²) >= 11 is 4.20. The number of carbonyl (C=O) groups is 2. The third-order valence-electron chi connectivity index (χ3n) is 5.23. The molecular weight excluding hydrogens is 419 g/mol. The molecule has 0 spiro atoms. The zero-order valence-corrected chi connectivity index (χ0v) is 18.0. The van der Waals surface area contributed by atoms with E-state index in [0.717, 1.165) is 18.1 Å². The highest BCUT2D eigenvalue weighted by Gasteiger charge is 2.31. The molecule has 0 aromatic heterocycles. The van der Waals surface area contributed by atoms with E-state index in [-0.39, 0.29) is 23.8 Å². The van der Waals surface area contributed by atoms with Crippen LogP contribution >= 0.6 is 12.6 Å². The summed E-state index contributed by atoms with van der Waals surface area (Å²) < 4.78 is 20.2. The Labute approximate surface area is 186 Å². The van der Waals surface area contributed by atoms with E-state index in [9.17, 15) is 14.0 Å². The van der Waals surface area contributed by atoms with Crippen LogP contribution in [0, 0.1) is 5.82 Å². The van der Waals surface area contributed by atoms with Crippen molar-refractivity contribution in [2.75, 3.05) is 18.9 Å². The number of amides is 2. The van der Waals surface area contributed by atoms with Crippen molar-refractivity contribution in [1.82, 2.24) is 10.3 Å². The maximum Gasteiger partial charge on any atom is 0.255 e. The number of benzene rings is 2. The largest absolute Gasteiger partial charge is 0.492 e. The Kier molecular flexibility index (Phi) is 7.89. The first kappa shape index (κ1) is 23.1. The Hall–Kier alpha value is -2.62. The lowest BCUT2D eigenvalue weighted by Crippen LogP contribution is -2.46. The number of rotatable bonds is 9. The summed E-state index contributed by atoms with van der Waals surface area (Å²) in [7, 11) is 0. The van der Waals surface area contributed by atoms with Crippen LogP contribution in [0.15, 0.2) is 42.5 Å². The van der Waals surface area contributed by atoms with Gasteiger partial charge >= 0.3 is 0 Å². The van der Waals surface area contributed by atoms with Crippen LogP contribution in [0.4, 0.5) is 4.39 Å². The summed E-state index contributed by atoms with van der Waals surface area (Å²) in [4.78, 5) is 24.9. The molecule has 2 aromatic carbocycles. The summed E-state index contributed by atoms with van der Waals surface area (Å²) in [6.45, 7) is 0.911. The number of fused-ring (bicyclic) bond motifs is 1. The van der Waals surface area contributed by atoms with Gasteiger partial charge < -0.3 is 15.8 Å². The molecule has 1 aliphatic heterocycles. The van der Waals surface area contributed by atoms with E-state index in [1.807, 2.05) is 30.3 Å². The highest BCUT2D eigenvalue weighted by Crippen LogP contribution is 2.38. The zero-order valence-electron chi connectivity index (χ0n) is 17.1. The molecule has 3 rings (SSSR count). The van der Waals surface area contributed by atoms with Crippen molar-refractivity contribution < 1.29 is 18.7 Å². The zero-order chi connectivity index (χ0) is 22.4. The first-order valence-corrected chi connectivity index (χ1v) is 10.8. The van der Waals surface area contributed by atoms with Crippen LogP contribution in [0.5, 0.6) is 5.75 Å². The lowest BCUT2D eigenvalue weighted by molar-refractivity contribution is -0.119. The second-order valence-corrected chi connectivity index (χ2v) is 7.90. The van der Waals surface area contributed by atoms with Gasteiger partial charge in [-0.3, -0.25) is 15.4 Å². The third kappa shape index (κ3) is 5.75. The quantitative estimate of drug-likeness (QED) is 0.267. The first-order chi connectivity index (χ1) is 14.9. The predicted molar refractivity (Wildman–Crippen MR) is 119 cm³/mol. The number of nitrogens with zero attached hydrogens (tertiary/aromatic N) is 1. The third-order valence-corrected chi connectivity index (χ3v) is 5.55. The number of primary amides is 1. The Morgan fingerprint density at radius 2 is 2.03 bits per heavy atom.